The molecule has 3 nitrogen and oxygen atoms in total. The molecular weight excluding hydrogens is 342 g/mol. The molecule has 0 amide bonds. The van der Waals surface area contributed by atoms with E-state index in [0.29, 0.717) is 22.3 Å². The molecule has 1 heterocycles. The van der Waals surface area contributed by atoms with Crippen molar-refractivity contribution in [3.8, 4) is 11.5 Å². The van der Waals surface area contributed by atoms with Crippen LogP contribution in [0.25, 0.3) is 10.9 Å². The van der Waals surface area contributed by atoms with E-state index in [1.165, 1.54) is 12.3 Å². The fraction of sp³-hybridized carbons (Fsp3) is 0. The Balaban J connectivity index is 2.12. The average Bonchev–Trinajstić information content (AvgIpc) is 2.46. The maximum absolute atomic E-state index is 13.3. The van der Waals surface area contributed by atoms with Gasteiger partial charge in [0.05, 0.1) is 17.4 Å². The Morgan fingerprint density at radius 1 is 1.05 bits per heavy atom. The van der Waals surface area contributed by atoms with E-state index in [9.17, 15) is 8.78 Å². The average molecular weight is 351 g/mol. The van der Waals surface area contributed by atoms with Gasteiger partial charge >= 0.3 is 0 Å². The lowest BCUT2D eigenvalue weighted by Crippen LogP contribution is -1.96. The predicted octanol–water partition coefficient (Wildman–Crippen LogP) is 4.65. The number of rotatable bonds is 2. The summed E-state index contributed by atoms with van der Waals surface area (Å²) < 4.78 is 32.7. The number of fused-ring (bicyclic) bond motifs is 1. The van der Waals surface area contributed by atoms with Crippen molar-refractivity contribution < 1.29 is 13.5 Å². The minimum Gasteiger partial charge on any atom is -0.454 e. The Kier molecular flexibility index (Phi) is 3.47. The lowest BCUT2D eigenvalue weighted by atomic mass is 10.2. The number of nitrogens with zero attached hydrogens (tertiary/aromatic N) is 1. The molecule has 0 atom stereocenters. The van der Waals surface area contributed by atoms with Gasteiger partial charge in [0.1, 0.15) is 5.75 Å². The first kappa shape index (κ1) is 13.8. The number of hydrogen-bond donors (Lipinski definition) is 1. The number of aromatic nitrogens is 1. The molecule has 0 aliphatic rings. The van der Waals surface area contributed by atoms with Crippen LogP contribution in [0.2, 0.25) is 0 Å². The molecular formula is C15H9BrF2N2O. The van der Waals surface area contributed by atoms with Gasteiger partial charge in [0.2, 0.25) is 0 Å². The largest absolute Gasteiger partial charge is 0.454 e. The minimum absolute atomic E-state index is 0.160. The molecule has 0 aliphatic carbocycles. The molecule has 0 aliphatic heterocycles. The van der Waals surface area contributed by atoms with Crippen LogP contribution in [-0.4, -0.2) is 4.98 Å². The third-order valence-corrected chi connectivity index (χ3v) is 3.41. The Morgan fingerprint density at radius 3 is 2.62 bits per heavy atom. The van der Waals surface area contributed by atoms with Gasteiger partial charge in [0.15, 0.2) is 17.4 Å². The molecule has 0 fully saturated rings. The van der Waals surface area contributed by atoms with Gasteiger partial charge in [-0.15, -0.1) is 0 Å². The predicted molar refractivity (Wildman–Crippen MR) is 80.3 cm³/mol. The van der Waals surface area contributed by atoms with Gasteiger partial charge in [-0.25, -0.2) is 8.78 Å². The van der Waals surface area contributed by atoms with E-state index in [4.69, 9.17) is 10.5 Å². The van der Waals surface area contributed by atoms with Gasteiger partial charge < -0.3 is 10.5 Å². The van der Waals surface area contributed by atoms with E-state index < -0.39 is 11.6 Å². The Morgan fingerprint density at radius 2 is 1.86 bits per heavy atom. The molecule has 2 aromatic carbocycles. The maximum atomic E-state index is 13.3. The van der Waals surface area contributed by atoms with Crippen molar-refractivity contribution in [3.05, 3.63) is 58.7 Å². The lowest BCUT2D eigenvalue weighted by Gasteiger charge is -2.11. The minimum atomic E-state index is -0.981. The number of ether oxygens (including phenoxy) is 1. The third kappa shape index (κ3) is 2.67. The van der Waals surface area contributed by atoms with Crippen molar-refractivity contribution in [1.82, 2.24) is 4.98 Å². The van der Waals surface area contributed by atoms with Gasteiger partial charge in [-0.05, 0) is 30.3 Å². The summed E-state index contributed by atoms with van der Waals surface area (Å²) in [5, 5.41) is 0.675. The first-order chi connectivity index (χ1) is 10.0. The van der Waals surface area contributed by atoms with Crippen LogP contribution >= 0.6 is 15.9 Å². The summed E-state index contributed by atoms with van der Waals surface area (Å²) in [5.41, 5.74) is 6.88. The maximum Gasteiger partial charge on any atom is 0.162 e. The van der Waals surface area contributed by atoms with Crippen molar-refractivity contribution >= 4 is 32.5 Å². The molecule has 1 aromatic heterocycles. The standard InChI is InChI=1S/C15H9BrF2N2O/c16-8-1-4-14-10(5-8)15(13(19)7-20-14)21-9-2-3-11(17)12(18)6-9/h1-7H,19H2. The smallest absolute Gasteiger partial charge is 0.162 e. The zero-order chi connectivity index (χ0) is 15.0. The van der Waals surface area contributed by atoms with E-state index in [1.807, 2.05) is 6.07 Å². The van der Waals surface area contributed by atoms with Crippen LogP contribution < -0.4 is 10.5 Å². The van der Waals surface area contributed by atoms with Crippen LogP contribution in [0.4, 0.5) is 14.5 Å². The number of nitrogens with two attached hydrogens (primary N) is 1. The van der Waals surface area contributed by atoms with Crippen molar-refractivity contribution in [2.45, 2.75) is 0 Å². The zero-order valence-corrected chi connectivity index (χ0v) is 12.2. The number of anilines is 1. The molecule has 0 bridgehead atoms. The third-order valence-electron chi connectivity index (χ3n) is 2.92. The van der Waals surface area contributed by atoms with Crippen molar-refractivity contribution in [3.63, 3.8) is 0 Å². The van der Waals surface area contributed by atoms with Crippen molar-refractivity contribution in [2.75, 3.05) is 5.73 Å². The molecule has 3 rings (SSSR count). The van der Waals surface area contributed by atoms with E-state index in [0.717, 1.165) is 16.6 Å². The fourth-order valence-corrected chi connectivity index (χ4v) is 2.29. The molecule has 106 valence electrons. The zero-order valence-electron chi connectivity index (χ0n) is 10.6. The monoisotopic (exact) mass is 350 g/mol. The Bertz CT molecular complexity index is 834. The molecule has 6 heteroatoms. The summed E-state index contributed by atoms with van der Waals surface area (Å²) in [5.74, 6) is -1.40. The molecule has 0 spiro atoms. The van der Waals surface area contributed by atoms with Crippen LogP contribution in [0.15, 0.2) is 47.1 Å². The second-order valence-electron chi connectivity index (χ2n) is 4.38. The molecule has 2 N–H and O–H groups in total. The summed E-state index contributed by atoms with van der Waals surface area (Å²) in [6, 6.07) is 8.75. The quantitative estimate of drug-likeness (QED) is 0.731. The molecule has 3 aromatic rings. The van der Waals surface area contributed by atoms with Crippen LogP contribution in [0.1, 0.15) is 0 Å². The normalized spacial score (nSPS) is 10.8. The van der Waals surface area contributed by atoms with Crippen LogP contribution in [0, 0.1) is 11.6 Å². The van der Waals surface area contributed by atoms with Crippen LogP contribution in [0.3, 0.4) is 0 Å². The highest BCUT2D eigenvalue weighted by Crippen LogP contribution is 2.35. The first-order valence-corrected chi connectivity index (χ1v) is 6.80. The van der Waals surface area contributed by atoms with Crippen molar-refractivity contribution in [1.29, 1.82) is 0 Å². The topological polar surface area (TPSA) is 48.1 Å². The van der Waals surface area contributed by atoms with E-state index in [2.05, 4.69) is 20.9 Å². The van der Waals surface area contributed by atoms with Gasteiger partial charge in [-0.1, -0.05) is 15.9 Å². The number of hydrogen-bond acceptors (Lipinski definition) is 3. The van der Waals surface area contributed by atoms with Crippen LogP contribution in [-0.2, 0) is 0 Å². The molecule has 21 heavy (non-hydrogen) atoms. The summed E-state index contributed by atoms with van der Waals surface area (Å²) in [7, 11) is 0. The van der Waals surface area contributed by atoms with Crippen LogP contribution in [0.5, 0.6) is 11.5 Å². The summed E-state index contributed by atoms with van der Waals surface area (Å²) in [6.45, 7) is 0. The highest BCUT2D eigenvalue weighted by molar-refractivity contribution is 9.10. The fourth-order valence-electron chi connectivity index (χ4n) is 1.93. The highest BCUT2D eigenvalue weighted by atomic mass is 79.9. The summed E-state index contributed by atoms with van der Waals surface area (Å²) in [4.78, 5) is 4.20. The number of pyridine rings is 1. The Labute approximate surface area is 127 Å². The van der Waals surface area contributed by atoms with Gasteiger partial charge in [-0.2, -0.15) is 0 Å². The molecule has 0 saturated heterocycles. The number of nitrogen functional groups attached to an aromatic ring is 1. The molecule has 0 radical (unpaired) electrons. The number of halogens is 3. The first-order valence-electron chi connectivity index (χ1n) is 6.01. The highest BCUT2D eigenvalue weighted by Gasteiger charge is 2.11. The second kappa shape index (κ2) is 5.29. The summed E-state index contributed by atoms with van der Waals surface area (Å²) >= 11 is 3.36. The van der Waals surface area contributed by atoms with Crippen molar-refractivity contribution in [2.24, 2.45) is 0 Å². The SMILES string of the molecule is Nc1cnc2ccc(Br)cc2c1Oc1ccc(F)c(F)c1. The van der Waals surface area contributed by atoms with Gasteiger partial charge in [0, 0.05) is 15.9 Å². The summed E-state index contributed by atoms with van der Waals surface area (Å²) in [6.07, 6.45) is 1.46. The molecule has 0 saturated carbocycles. The van der Waals surface area contributed by atoms with Gasteiger partial charge in [0.25, 0.3) is 0 Å². The lowest BCUT2D eigenvalue weighted by molar-refractivity contribution is 0.466. The number of benzene rings is 2. The van der Waals surface area contributed by atoms with E-state index >= 15 is 0 Å². The van der Waals surface area contributed by atoms with E-state index in [1.54, 1.807) is 12.1 Å². The Hall–Kier alpha value is -2.21. The second-order valence-corrected chi connectivity index (χ2v) is 5.30. The molecule has 0 unspecified atom stereocenters. The van der Waals surface area contributed by atoms with E-state index in [-0.39, 0.29) is 5.75 Å². The van der Waals surface area contributed by atoms with Gasteiger partial charge in [-0.3, -0.25) is 4.98 Å².